The molecule has 0 aromatic rings. The van der Waals surface area contributed by atoms with E-state index >= 15 is 0 Å². The van der Waals surface area contributed by atoms with Crippen molar-refractivity contribution in [2.45, 2.75) is 45.8 Å². The molecule has 0 heterocycles. The van der Waals surface area contributed by atoms with Crippen molar-refractivity contribution < 1.29 is 29.3 Å². The lowest BCUT2D eigenvalue weighted by molar-refractivity contribution is -0.142. The Kier molecular flexibility index (Phi) is 5.61. The highest BCUT2D eigenvalue weighted by atomic mass is 16.6. The number of carbonyl (C=O) groups is 3. The van der Waals surface area contributed by atoms with Gasteiger partial charge in [-0.25, -0.2) is 9.59 Å². The summed E-state index contributed by atoms with van der Waals surface area (Å²) >= 11 is 0. The smallest absolute Gasteiger partial charge is 0.408 e. The van der Waals surface area contributed by atoms with Gasteiger partial charge in [0, 0.05) is 0 Å². The average molecular weight is 261 g/mol. The maximum Gasteiger partial charge on any atom is 0.408 e. The van der Waals surface area contributed by atoms with Crippen LogP contribution in [-0.2, 0) is 14.3 Å². The van der Waals surface area contributed by atoms with Crippen molar-refractivity contribution in [2.24, 2.45) is 5.92 Å². The molecule has 0 spiro atoms. The van der Waals surface area contributed by atoms with Gasteiger partial charge in [-0.05, 0) is 26.7 Å². The second kappa shape index (κ2) is 6.23. The zero-order chi connectivity index (χ0) is 14.5. The van der Waals surface area contributed by atoms with Gasteiger partial charge in [0.05, 0.1) is 6.42 Å². The number of aliphatic carboxylic acids is 2. The molecule has 0 radical (unpaired) electrons. The molecular formula is C11H19NO6. The van der Waals surface area contributed by atoms with Gasteiger partial charge in [-0.15, -0.1) is 0 Å². The Labute approximate surface area is 105 Å². The molecule has 3 N–H and O–H groups in total. The Morgan fingerprint density at radius 3 is 2.06 bits per heavy atom. The van der Waals surface area contributed by atoms with Crippen LogP contribution in [0.15, 0.2) is 0 Å². The first-order chi connectivity index (χ1) is 8.03. The molecule has 7 nitrogen and oxygen atoms in total. The average Bonchev–Trinajstić information content (AvgIpc) is 2.09. The van der Waals surface area contributed by atoms with E-state index in [9.17, 15) is 14.4 Å². The molecule has 0 saturated heterocycles. The summed E-state index contributed by atoms with van der Waals surface area (Å²) in [5.41, 5.74) is -0.747. The Bertz CT molecular complexity index is 333. The molecule has 0 unspecified atom stereocenters. The third-order valence-corrected chi connectivity index (χ3v) is 2.00. The number of carboxylic acids is 2. The number of nitrogens with one attached hydrogen (secondary N) is 1. The van der Waals surface area contributed by atoms with Gasteiger partial charge < -0.3 is 20.3 Å². The van der Waals surface area contributed by atoms with E-state index in [0.717, 1.165) is 0 Å². The zero-order valence-electron chi connectivity index (χ0n) is 10.9. The van der Waals surface area contributed by atoms with Gasteiger partial charge in [0.1, 0.15) is 11.6 Å². The molecule has 18 heavy (non-hydrogen) atoms. The molecule has 0 aliphatic heterocycles. The molecule has 7 heteroatoms. The minimum atomic E-state index is -1.30. The number of carbonyl (C=O) groups excluding carboxylic acids is 1. The Morgan fingerprint density at radius 2 is 1.72 bits per heavy atom. The van der Waals surface area contributed by atoms with Crippen molar-refractivity contribution in [3.05, 3.63) is 0 Å². The summed E-state index contributed by atoms with van der Waals surface area (Å²) in [6.45, 7) is 6.36. The van der Waals surface area contributed by atoms with E-state index in [2.05, 4.69) is 5.32 Å². The normalized spacial score (nSPS) is 14.4. The van der Waals surface area contributed by atoms with Crippen LogP contribution in [0.4, 0.5) is 4.79 Å². The molecule has 0 aliphatic rings. The number of rotatable bonds is 5. The van der Waals surface area contributed by atoms with E-state index in [4.69, 9.17) is 14.9 Å². The van der Waals surface area contributed by atoms with Crippen LogP contribution in [0.1, 0.15) is 34.1 Å². The summed E-state index contributed by atoms with van der Waals surface area (Å²) in [5, 5.41) is 19.7. The Morgan fingerprint density at radius 1 is 1.22 bits per heavy atom. The number of ether oxygens (including phenoxy) is 1. The first kappa shape index (κ1) is 16.2. The molecule has 0 aromatic heterocycles. The lowest BCUT2D eigenvalue weighted by Gasteiger charge is -2.24. The van der Waals surface area contributed by atoms with Gasteiger partial charge in [0.15, 0.2) is 0 Å². The fraction of sp³-hybridized carbons (Fsp3) is 0.727. The van der Waals surface area contributed by atoms with Crippen LogP contribution in [0.2, 0.25) is 0 Å². The molecular weight excluding hydrogens is 242 g/mol. The summed E-state index contributed by atoms with van der Waals surface area (Å²) in [4.78, 5) is 32.9. The fourth-order valence-electron chi connectivity index (χ4n) is 1.28. The third-order valence-electron chi connectivity index (χ3n) is 2.00. The van der Waals surface area contributed by atoms with Gasteiger partial charge in [-0.3, -0.25) is 4.79 Å². The SMILES string of the molecule is C[C@H](CC(=O)O)[C@H](NC(=O)OC(C)(C)C)C(=O)O. The largest absolute Gasteiger partial charge is 0.481 e. The Balaban J connectivity index is 4.59. The van der Waals surface area contributed by atoms with Crippen molar-refractivity contribution in [3.63, 3.8) is 0 Å². The molecule has 1 amide bonds. The first-order valence-electron chi connectivity index (χ1n) is 5.47. The van der Waals surface area contributed by atoms with Crippen LogP contribution in [0.5, 0.6) is 0 Å². The molecule has 0 saturated carbocycles. The molecule has 0 rings (SSSR count). The summed E-state index contributed by atoms with van der Waals surface area (Å²) in [6.07, 6.45) is -1.24. The van der Waals surface area contributed by atoms with Crippen LogP contribution in [0.25, 0.3) is 0 Å². The first-order valence-corrected chi connectivity index (χ1v) is 5.47. The van der Waals surface area contributed by atoms with Gasteiger partial charge >= 0.3 is 18.0 Å². The van der Waals surface area contributed by atoms with E-state index in [-0.39, 0.29) is 6.42 Å². The zero-order valence-corrected chi connectivity index (χ0v) is 10.9. The van der Waals surface area contributed by atoms with Crippen LogP contribution < -0.4 is 5.32 Å². The van der Waals surface area contributed by atoms with Crippen LogP contribution in [0.3, 0.4) is 0 Å². The lowest BCUT2D eigenvalue weighted by Crippen LogP contribution is -2.47. The molecule has 2 atom stereocenters. The predicted octanol–water partition coefficient (Wildman–Crippen LogP) is 1.08. The fourth-order valence-corrected chi connectivity index (χ4v) is 1.28. The predicted molar refractivity (Wildman–Crippen MR) is 62.2 cm³/mol. The van der Waals surface area contributed by atoms with Crippen LogP contribution >= 0.6 is 0 Å². The lowest BCUT2D eigenvalue weighted by atomic mass is 9.98. The number of hydrogen-bond acceptors (Lipinski definition) is 4. The minimum absolute atomic E-state index is 0.354. The van der Waals surface area contributed by atoms with Crippen molar-refractivity contribution >= 4 is 18.0 Å². The number of amides is 1. The number of alkyl carbamates (subject to hydrolysis) is 1. The highest BCUT2D eigenvalue weighted by molar-refractivity contribution is 5.81. The van der Waals surface area contributed by atoms with E-state index in [1.54, 1.807) is 20.8 Å². The number of hydrogen-bond donors (Lipinski definition) is 3. The highest BCUT2D eigenvalue weighted by Gasteiger charge is 2.29. The van der Waals surface area contributed by atoms with Gasteiger partial charge in [0.25, 0.3) is 0 Å². The van der Waals surface area contributed by atoms with E-state index in [0.29, 0.717) is 0 Å². The second-order valence-corrected chi connectivity index (χ2v) is 5.04. The third kappa shape index (κ3) is 6.72. The van der Waals surface area contributed by atoms with Gasteiger partial charge in [-0.2, -0.15) is 0 Å². The van der Waals surface area contributed by atoms with Gasteiger partial charge in [0.2, 0.25) is 0 Å². The Hall–Kier alpha value is -1.79. The second-order valence-electron chi connectivity index (χ2n) is 5.04. The summed E-state index contributed by atoms with van der Waals surface area (Å²) in [6, 6.07) is -1.30. The molecule has 0 aromatic carbocycles. The van der Waals surface area contributed by atoms with Gasteiger partial charge in [-0.1, -0.05) is 6.92 Å². The van der Waals surface area contributed by atoms with Crippen molar-refractivity contribution in [1.82, 2.24) is 5.32 Å². The molecule has 0 fully saturated rings. The van der Waals surface area contributed by atoms with E-state index in [1.807, 2.05) is 0 Å². The van der Waals surface area contributed by atoms with Crippen molar-refractivity contribution in [3.8, 4) is 0 Å². The topological polar surface area (TPSA) is 113 Å². The molecule has 0 bridgehead atoms. The van der Waals surface area contributed by atoms with Crippen LogP contribution in [0, 0.1) is 5.92 Å². The van der Waals surface area contributed by atoms with E-state index < -0.39 is 35.6 Å². The molecule has 104 valence electrons. The monoisotopic (exact) mass is 261 g/mol. The standard InChI is InChI=1S/C11H19NO6/c1-6(5-7(13)14)8(9(15)16)12-10(17)18-11(2,3)4/h6,8H,5H2,1-4H3,(H,12,17)(H,13,14)(H,15,16)/t6-,8+/m1/s1. The van der Waals surface area contributed by atoms with Crippen molar-refractivity contribution in [1.29, 1.82) is 0 Å². The summed E-state index contributed by atoms with van der Waals surface area (Å²) in [5.74, 6) is -3.16. The maximum atomic E-state index is 11.4. The quantitative estimate of drug-likeness (QED) is 0.682. The summed E-state index contributed by atoms with van der Waals surface area (Å²) in [7, 11) is 0. The van der Waals surface area contributed by atoms with E-state index in [1.165, 1.54) is 6.92 Å². The maximum absolute atomic E-state index is 11.4. The highest BCUT2D eigenvalue weighted by Crippen LogP contribution is 2.11. The summed E-state index contributed by atoms with van der Waals surface area (Å²) < 4.78 is 4.91. The minimum Gasteiger partial charge on any atom is -0.481 e. The van der Waals surface area contributed by atoms with Crippen molar-refractivity contribution in [2.75, 3.05) is 0 Å². The molecule has 0 aliphatic carbocycles. The number of carboxylic acid groups (broad SMARTS) is 2. The van der Waals surface area contributed by atoms with Crippen LogP contribution in [-0.4, -0.2) is 39.9 Å².